The van der Waals surface area contributed by atoms with Crippen LogP contribution in [0.25, 0.3) is 5.82 Å². The van der Waals surface area contributed by atoms with E-state index in [4.69, 9.17) is 4.74 Å². The number of ether oxygens (including phenoxy) is 1. The lowest BCUT2D eigenvalue weighted by atomic mass is 10.3. The van der Waals surface area contributed by atoms with Crippen molar-refractivity contribution < 1.29 is 9.53 Å². The van der Waals surface area contributed by atoms with Gasteiger partial charge in [0.1, 0.15) is 6.10 Å². The monoisotopic (exact) mass is 243 g/mol. The average Bonchev–Trinajstić information content (AvgIpc) is 2.92. The molecule has 5 heteroatoms. The number of pyridine rings is 1. The summed E-state index contributed by atoms with van der Waals surface area (Å²) in [6, 6.07) is 6.89. The van der Waals surface area contributed by atoms with E-state index in [0.29, 0.717) is 5.82 Å². The van der Waals surface area contributed by atoms with Gasteiger partial charge in [0.15, 0.2) is 11.5 Å². The van der Waals surface area contributed by atoms with E-state index in [9.17, 15) is 4.79 Å². The summed E-state index contributed by atoms with van der Waals surface area (Å²) in [5, 5.41) is 4.05. The summed E-state index contributed by atoms with van der Waals surface area (Å²) in [7, 11) is 0. The molecule has 0 aliphatic heterocycles. The van der Waals surface area contributed by atoms with Crippen LogP contribution in [0, 0.1) is 0 Å². The van der Waals surface area contributed by atoms with Gasteiger partial charge in [0.25, 0.3) is 0 Å². The van der Waals surface area contributed by atoms with Crippen LogP contribution in [0.2, 0.25) is 0 Å². The predicted octanol–water partition coefficient (Wildman–Crippen LogP) is 2.00. The van der Waals surface area contributed by atoms with Gasteiger partial charge in [-0.25, -0.2) is 14.5 Å². The fraction of sp³-hybridized carbons (Fsp3) is 0.154. The highest BCUT2D eigenvalue weighted by atomic mass is 16.5. The lowest BCUT2D eigenvalue weighted by molar-refractivity contribution is 0.0418. The summed E-state index contributed by atoms with van der Waals surface area (Å²) in [5.41, 5.74) is 0.247. The summed E-state index contributed by atoms with van der Waals surface area (Å²) in [4.78, 5) is 16.0. The lowest BCUT2D eigenvalue weighted by Crippen LogP contribution is -2.14. The number of hydrogen-bond acceptors (Lipinski definition) is 4. The van der Waals surface area contributed by atoms with Crippen molar-refractivity contribution in [3.63, 3.8) is 0 Å². The Bertz CT molecular complexity index is 549. The molecule has 2 aromatic rings. The van der Waals surface area contributed by atoms with Gasteiger partial charge in [-0.05, 0) is 25.1 Å². The van der Waals surface area contributed by atoms with Gasteiger partial charge in [0.2, 0.25) is 0 Å². The van der Waals surface area contributed by atoms with E-state index in [2.05, 4.69) is 16.7 Å². The zero-order valence-corrected chi connectivity index (χ0v) is 9.98. The minimum atomic E-state index is -0.476. The smallest absolute Gasteiger partial charge is 0.357 e. The second-order valence-electron chi connectivity index (χ2n) is 3.68. The Morgan fingerprint density at radius 1 is 1.50 bits per heavy atom. The number of nitrogens with zero attached hydrogens (tertiary/aromatic N) is 3. The van der Waals surface area contributed by atoms with Crippen molar-refractivity contribution in [2.24, 2.45) is 0 Å². The Kier molecular flexibility index (Phi) is 3.52. The highest BCUT2D eigenvalue weighted by Gasteiger charge is 2.12. The molecule has 18 heavy (non-hydrogen) atoms. The van der Waals surface area contributed by atoms with Gasteiger partial charge in [0, 0.05) is 12.4 Å². The van der Waals surface area contributed by atoms with Crippen molar-refractivity contribution in [2.75, 3.05) is 0 Å². The van der Waals surface area contributed by atoms with Crippen molar-refractivity contribution in [2.45, 2.75) is 13.0 Å². The molecule has 0 saturated heterocycles. The van der Waals surface area contributed by atoms with Gasteiger partial charge in [-0.3, -0.25) is 0 Å². The van der Waals surface area contributed by atoms with Crippen LogP contribution >= 0.6 is 0 Å². The molecule has 92 valence electrons. The van der Waals surface area contributed by atoms with Gasteiger partial charge in [-0.1, -0.05) is 18.7 Å². The molecule has 0 amide bonds. The molecule has 0 spiro atoms. The molecule has 0 radical (unpaired) electrons. The van der Waals surface area contributed by atoms with E-state index in [1.165, 1.54) is 0 Å². The summed E-state index contributed by atoms with van der Waals surface area (Å²) in [5.74, 6) is 0.0945. The Balaban J connectivity index is 2.22. The summed E-state index contributed by atoms with van der Waals surface area (Å²) in [6.07, 6.45) is 4.61. The fourth-order valence-electron chi connectivity index (χ4n) is 1.35. The molecule has 0 bridgehead atoms. The van der Waals surface area contributed by atoms with Crippen LogP contribution in [-0.2, 0) is 4.74 Å². The van der Waals surface area contributed by atoms with Crippen LogP contribution in [0.4, 0.5) is 0 Å². The average molecular weight is 243 g/mol. The molecule has 0 fully saturated rings. The maximum absolute atomic E-state index is 11.8. The third-order valence-electron chi connectivity index (χ3n) is 2.31. The highest BCUT2D eigenvalue weighted by molar-refractivity contribution is 5.87. The first-order valence-corrected chi connectivity index (χ1v) is 5.51. The Labute approximate surface area is 105 Å². The van der Waals surface area contributed by atoms with Crippen LogP contribution in [0.1, 0.15) is 17.4 Å². The maximum Gasteiger partial charge on any atom is 0.357 e. The van der Waals surface area contributed by atoms with E-state index >= 15 is 0 Å². The second-order valence-corrected chi connectivity index (χ2v) is 3.68. The fourth-order valence-corrected chi connectivity index (χ4v) is 1.35. The second kappa shape index (κ2) is 5.27. The van der Waals surface area contributed by atoms with Gasteiger partial charge in [-0.15, -0.1) is 0 Å². The lowest BCUT2D eigenvalue weighted by Gasteiger charge is -2.08. The Morgan fingerprint density at radius 3 is 3.00 bits per heavy atom. The van der Waals surface area contributed by atoms with Crippen LogP contribution < -0.4 is 0 Å². The predicted molar refractivity (Wildman–Crippen MR) is 66.4 cm³/mol. The van der Waals surface area contributed by atoms with Crippen LogP contribution in [0.5, 0.6) is 0 Å². The molecule has 0 saturated carbocycles. The standard InChI is InChI=1S/C13H13N3O2/c1-3-10(2)18-13(17)11-6-4-7-12(15-11)16-9-5-8-14-16/h3-10H,1H2,2H3/t10-/m1/s1. The SMILES string of the molecule is C=C[C@@H](C)OC(=O)c1cccc(-n2cccn2)n1. The maximum atomic E-state index is 11.8. The zero-order valence-electron chi connectivity index (χ0n) is 9.98. The molecule has 0 unspecified atom stereocenters. The molecule has 0 aliphatic carbocycles. The Morgan fingerprint density at radius 2 is 2.33 bits per heavy atom. The zero-order chi connectivity index (χ0) is 13.0. The van der Waals surface area contributed by atoms with Crippen molar-refractivity contribution in [3.05, 3.63) is 55.0 Å². The molecule has 0 aliphatic rings. The molecule has 0 N–H and O–H groups in total. The van der Waals surface area contributed by atoms with Crippen molar-refractivity contribution in [1.82, 2.24) is 14.8 Å². The molecule has 5 nitrogen and oxygen atoms in total. The van der Waals surface area contributed by atoms with Gasteiger partial charge >= 0.3 is 5.97 Å². The minimum Gasteiger partial charge on any atom is -0.454 e. The van der Waals surface area contributed by atoms with Crippen molar-refractivity contribution in [3.8, 4) is 5.82 Å². The van der Waals surface area contributed by atoms with Crippen molar-refractivity contribution >= 4 is 5.97 Å². The molecule has 2 aromatic heterocycles. The first-order chi connectivity index (χ1) is 8.70. The first kappa shape index (κ1) is 12.0. The number of carbonyl (C=O) groups is 1. The van der Waals surface area contributed by atoms with Crippen LogP contribution in [0.3, 0.4) is 0 Å². The van der Waals surface area contributed by atoms with E-state index in [-0.39, 0.29) is 11.8 Å². The largest absolute Gasteiger partial charge is 0.454 e. The minimum absolute atomic E-state index is 0.247. The number of esters is 1. The Hall–Kier alpha value is -2.43. The van der Waals surface area contributed by atoms with E-state index in [1.54, 1.807) is 54.3 Å². The number of hydrogen-bond donors (Lipinski definition) is 0. The molecule has 1 atom stereocenters. The van der Waals surface area contributed by atoms with E-state index < -0.39 is 5.97 Å². The first-order valence-electron chi connectivity index (χ1n) is 5.51. The van der Waals surface area contributed by atoms with Gasteiger partial charge in [0.05, 0.1) is 0 Å². The summed E-state index contributed by atoms with van der Waals surface area (Å²) < 4.78 is 6.69. The van der Waals surface area contributed by atoms with E-state index in [0.717, 1.165) is 0 Å². The molecular formula is C13H13N3O2. The summed E-state index contributed by atoms with van der Waals surface area (Å²) >= 11 is 0. The van der Waals surface area contributed by atoms with Gasteiger partial charge < -0.3 is 4.74 Å². The van der Waals surface area contributed by atoms with Gasteiger partial charge in [-0.2, -0.15) is 5.10 Å². The molecule has 0 aromatic carbocycles. The highest BCUT2D eigenvalue weighted by Crippen LogP contribution is 2.07. The van der Waals surface area contributed by atoms with Crippen LogP contribution in [-0.4, -0.2) is 26.8 Å². The number of rotatable bonds is 4. The number of carbonyl (C=O) groups excluding carboxylic acids is 1. The topological polar surface area (TPSA) is 57.0 Å². The third-order valence-corrected chi connectivity index (χ3v) is 2.31. The number of aromatic nitrogens is 3. The molecule has 2 rings (SSSR count). The quantitative estimate of drug-likeness (QED) is 0.608. The normalized spacial score (nSPS) is 11.8. The van der Waals surface area contributed by atoms with E-state index in [1.807, 2.05) is 0 Å². The third kappa shape index (κ3) is 2.63. The van der Waals surface area contributed by atoms with Crippen molar-refractivity contribution in [1.29, 1.82) is 0 Å². The molecular weight excluding hydrogens is 230 g/mol. The van der Waals surface area contributed by atoms with Crippen LogP contribution in [0.15, 0.2) is 49.3 Å². The molecule has 2 heterocycles. The summed E-state index contributed by atoms with van der Waals surface area (Å²) in [6.45, 7) is 5.29.